The van der Waals surface area contributed by atoms with Crippen LogP contribution in [0.2, 0.25) is 5.15 Å². The zero-order valence-corrected chi connectivity index (χ0v) is 7.77. The standard InChI is InChI=1S/C8H7Cl2NO/c9-5-7-6(3-4-12)1-2-8(10)11-7/h1-2,4H,3,5H2. The molecule has 1 rings (SSSR count). The molecule has 1 heterocycles. The van der Waals surface area contributed by atoms with E-state index in [-0.39, 0.29) is 5.88 Å². The number of nitrogens with zero attached hydrogens (tertiary/aromatic N) is 1. The lowest BCUT2D eigenvalue weighted by Gasteiger charge is -2.01. The minimum absolute atomic E-state index is 0.281. The van der Waals surface area contributed by atoms with Crippen LogP contribution in [0.15, 0.2) is 12.1 Å². The molecule has 12 heavy (non-hydrogen) atoms. The summed E-state index contributed by atoms with van der Waals surface area (Å²) in [6.45, 7) is 0. The van der Waals surface area contributed by atoms with Crippen LogP contribution < -0.4 is 0 Å². The summed E-state index contributed by atoms with van der Waals surface area (Å²) in [5.74, 6) is 0.281. The molecule has 64 valence electrons. The van der Waals surface area contributed by atoms with Crippen molar-refractivity contribution in [3.63, 3.8) is 0 Å². The molecule has 0 saturated carbocycles. The third-order valence-corrected chi connectivity index (χ3v) is 1.93. The van der Waals surface area contributed by atoms with Gasteiger partial charge in [0.05, 0.1) is 11.6 Å². The van der Waals surface area contributed by atoms with Gasteiger partial charge in [0.25, 0.3) is 0 Å². The molecule has 0 atom stereocenters. The van der Waals surface area contributed by atoms with E-state index in [4.69, 9.17) is 23.2 Å². The number of halogens is 2. The molecule has 0 aromatic carbocycles. The number of alkyl halides is 1. The Bertz CT molecular complexity index is 288. The van der Waals surface area contributed by atoms with Crippen LogP contribution in [0.5, 0.6) is 0 Å². The number of carbonyl (C=O) groups is 1. The molecule has 0 aliphatic rings. The van der Waals surface area contributed by atoms with Gasteiger partial charge in [-0.2, -0.15) is 0 Å². The molecule has 1 aromatic heterocycles. The maximum Gasteiger partial charge on any atom is 0.129 e. The van der Waals surface area contributed by atoms with Crippen LogP contribution in [0.25, 0.3) is 0 Å². The summed E-state index contributed by atoms with van der Waals surface area (Å²) in [6.07, 6.45) is 1.16. The van der Waals surface area contributed by atoms with Gasteiger partial charge >= 0.3 is 0 Å². The largest absolute Gasteiger partial charge is 0.303 e. The normalized spacial score (nSPS) is 9.83. The van der Waals surface area contributed by atoms with Crippen LogP contribution in [0.3, 0.4) is 0 Å². The van der Waals surface area contributed by atoms with E-state index in [0.29, 0.717) is 17.3 Å². The highest BCUT2D eigenvalue weighted by Crippen LogP contribution is 2.13. The number of aldehydes is 1. The Morgan fingerprint density at radius 3 is 2.83 bits per heavy atom. The van der Waals surface area contributed by atoms with Crippen LogP contribution in [-0.2, 0) is 17.1 Å². The predicted molar refractivity (Wildman–Crippen MR) is 48.6 cm³/mol. The Kier molecular flexibility index (Phi) is 3.50. The van der Waals surface area contributed by atoms with E-state index >= 15 is 0 Å². The third-order valence-electron chi connectivity index (χ3n) is 1.46. The van der Waals surface area contributed by atoms with Crippen molar-refractivity contribution in [3.8, 4) is 0 Å². The molecule has 0 radical (unpaired) electrons. The number of carbonyl (C=O) groups excluding carboxylic acids is 1. The van der Waals surface area contributed by atoms with Crippen LogP contribution in [-0.4, -0.2) is 11.3 Å². The van der Waals surface area contributed by atoms with Gasteiger partial charge in [-0.15, -0.1) is 11.6 Å². The fourth-order valence-electron chi connectivity index (χ4n) is 0.895. The van der Waals surface area contributed by atoms with Gasteiger partial charge in [-0.05, 0) is 11.6 Å². The molecular weight excluding hydrogens is 197 g/mol. The number of hydrogen-bond acceptors (Lipinski definition) is 2. The molecule has 0 aliphatic carbocycles. The van der Waals surface area contributed by atoms with Gasteiger partial charge in [0.15, 0.2) is 0 Å². The first-order valence-electron chi connectivity index (χ1n) is 3.42. The van der Waals surface area contributed by atoms with Crippen LogP contribution >= 0.6 is 23.2 Å². The summed E-state index contributed by atoms with van der Waals surface area (Å²) < 4.78 is 0. The molecule has 0 aliphatic heterocycles. The molecule has 0 spiro atoms. The van der Waals surface area contributed by atoms with Gasteiger partial charge in [0.1, 0.15) is 11.4 Å². The van der Waals surface area contributed by atoms with Gasteiger partial charge in [-0.25, -0.2) is 4.98 Å². The Labute approximate surface area is 80.5 Å². The fourth-order valence-corrected chi connectivity index (χ4v) is 1.29. The Morgan fingerprint density at radius 1 is 1.50 bits per heavy atom. The second kappa shape index (κ2) is 4.43. The highest BCUT2D eigenvalue weighted by atomic mass is 35.5. The van der Waals surface area contributed by atoms with E-state index in [1.165, 1.54) is 0 Å². The van der Waals surface area contributed by atoms with Gasteiger partial charge in [0, 0.05) is 6.42 Å². The molecular formula is C8H7Cl2NO. The van der Waals surface area contributed by atoms with E-state index in [9.17, 15) is 4.79 Å². The average Bonchev–Trinajstić information content (AvgIpc) is 2.08. The summed E-state index contributed by atoms with van der Waals surface area (Å²) in [7, 11) is 0. The predicted octanol–water partition coefficient (Wildman–Crippen LogP) is 2.22. The van der Waals surface area contributed by atoms with Crippen molar-refractivity contribution < 1.29 is 4.79 Å². The lowest BCUT2D eigenvalue weighted by Crippen LogP contribution is -1.96. The van der Waals surface area contributed by atoms with Crippen molar-refractivity contribution >= 4 is 29.5 Å². The van der Waals surface area contributed by atoms with Crippen LogP contribution in [0.1, 0.15) is 11.3 Å². The van der Waals surface area contributed by atoms with E-state index < -0.39 is 0 Å². The first-order valence-corrected chi connectivity index (χ1v) is 4.33. The summed E-state index contributed by atoms with van der Waals surface area (Å²) in [4.78, 5) is 14.2. The van der Waals surface area contributed by atoms with Crippen molar-refractivity contribution in [2.24, 2.45) is 0 Å². The summed E-state index contributed by atoms with van der Waals surface area (Å²) in [6, 6.07) is 3.41. The minimum Gasteiger partial charge on any atom is -0.303 e. The second-order valence-corrected chi connectivity index (χ2v) is 2.90. The van der Waals surface area contributed by atoms with E-state index in [2.05, 4.69) is 4.98 Å². The average molecular weight is 204 g/mol. The molecule has 0 N–H and O–H groups in total. The zero-order chi connectivity index (χ0) is 8.97. The Balaban J connectivity index is 3.01. The van der Waals surface area contributed by atoms with Crippen molar-refractivity contribution in [3.05, 3.63) is 28.5 Å². The molecule has 4 heteroatoms. The third kappa shape index (κ3) is 2.19. The van der Waals surface area contributed by atoms with Crippen molar-refractivity contribution in [2.45, 2.75) is 12.3 Å². The molecule has 0 amide bonds. The van der Waals surface area contributed by atoms with Gasteiger partial charge in [-0.1, -0.05) is 17.7 Å². The lowest BCUT2D eigenvalue weighted by atomic mass is 10.1. The van der Waals surface area contributed by atoms with Crippen LogP contribution in [0, 0.1) is 0 Å². The van der Waals surface area contributed by atoms with Gasteiger partial charge in [0.2, 0.25) is 0 Å². The zero-order valence-electron chi connectivity index (χ0n) is 6.26. The minimum atomic E-state index is 0.281. The van der Waals surface area contributed by atoms with E-state index in [1.54, 1.807) is 12.1 Å². The van der Waals surface area contributed by atoms with E-state index in [0.717, 1.165) is 11.8 Å². The van der Waals surface area contributed by atoms with Crippen molar-refractivity contribution in [1.82, 2.24) is 4.98 Å². The monoisotopic (exact) mass is 203 g/mol. The molecule has 2 nitrogen and oxygen atoms in total. The smallest absolute Gasteiger partial charge is 0.129 e. The second-order valence-electron chi connectivity index (χ2n) is 2.24. The first-order chi connectivity index (χ1) is 5.77. The molecule has 0 saturated heterocycles. The quantitative estimate of drug-likeness (QED) is 0.429. The SMILES string of the molecule is O=CCc1ccc(Cl)nc1CCl. The van der Waals surface area contributed by atoms with Crippen molar-refractivity contribution in [1.29, 1.82) is 0 Å². The molecule has 0 unspecified atom stereocenters. The lowest BCUT2D eigenvalue weighted by molar-refractivity contribution is -0.107. The number of hydrogen-bond donors (Lipinski definition) is 0. The molecule has 1 aromatic rings. The fraction of sp³-hybridized carbons (Fsp3) is 0.250. The van der Waals surface area contributed by atoms with Crippen molar-refractivity contribution in [2.75, 3.05) is 0 Å². The Hall–Kier alpha value is -0.600. The maximum atomic E-state index is 10.2. The maximum absolute atomic E-state index is 10.2. The number of pyridine rings is 1. The highest BCUT2D eigenvalue weighted by Gasteiger charge is 2.02. The number of aromatic nitrogens is 1. The first kappa shape index (κ1) is 9.49. The van der Waals surface area contributed by atoms with E-state index in [1.807, 2.05) is 0 Å². The summed E-state index contributed by atoms with van der Waals surface area (Å²) in [5, 5.41) is 0.403. The summed E-state index contributed by atoms with van der Waals surface area (Å²) >= 11 is 11.2. The molecule has 0 fully saturated rings. The highest BCUT2D eigenvalue weighted by molar-refractivity contribution is 6.29. The van der Waals surface area contributed by atoms with Gasteiger partial charge in [-0.3, -0.25) is 0 Å². The molecule has 0 bridgehead atoms. The van der Waals surface area contributed by atoms with Gasteiger partial charge < -0.3 is 4.79 Å². The summed E-state index contributed by atoms with van der Waals surface area (Å²) in [5.41, 5.74) is 1.51. The topological polar surface area (TPSA) is 30.0 Å². The van der Waals surface area contributed by atoms with Crippen LogP contribution in [0.4, 0.5) is 0 Å². The Morgan fingerprint density at radius 2 is 2.25 bits per heavy atom. The number of rotatable bonds is 3.